The number of hydrogen-bond donors (Lipinski definition) is 2. The Bertz CT molecular complexity index is 840. The van der Waals surface area contributed by atoms with Gasteiger partial charge in [-0.05, 0) is 62.0 Å². The van der Waals surface area contributed by atoms with Crippen molar-refractivity contribution in [3.63, 3.8) is 0 Å². The fourth-order valence-corrected chi connectivity index (χ4v) is 5.45. The van der Waals surface area contributed by atoms with Gasteiger partial charge in [-0.1, -0.05) is 60.8 Å². The molecule has 0 bridgehead atoms. The predicted octanol–water partition coefficient (Wildman–Crippen LogP) is 5.69. The summed E-state index contributed by atoms with van der Waals surface area (Å²) < 4.78 is 5.99. The van der Waals surface area contributed by atoms with Crippen LogP contribution in [-0.4, -0.2) is 48.8 Å². The van der Waals surface area contributed by atoms with E-state index in [0.717, 1.165) is 44.5 Å². The molecule has 1 heterocycles. The van der Waals surface area contributed by atoms with Crippen molar-refractivity contribution in [3.05, 3.63) is 64.7 Å². The Kier molecular flexibility index (Phi) is 11.8. The SMILES string of the molecule is CN[C@@H]1CCN(CC(c2ccc(OCc3ccccc3)c(Cl)c2)C2CCCCC2O)C1.Cl.Cl. The van der Waals surface area contributed by atoms with Gasteiger partial charge in [-0.15, -0.1) is 24.8 Å². The maximum atomic E-state index is 10.8. The average molecular weight is 516 g/mol. The van der Waals surface area contributed by atoms with E-state index in [2.05, 4.69) is 34.5 Å². The third-order valence-electron chi connectivity index (χ3n) is 7.06. The highest BCUT2D eigenvalue weighted by Gasteiger charge is 2.34. The quantitative estimate of drug-likeness (QED) is 0.474. The number of likely N-dealkylation sites (tertiary alicyclic amines) is 1. The van der Waals surface area contributed by atoms with Gasteiger partial charge in [0.15, 0.2) is 0 Å². The van der Waals surface area contributed by atoms with Crippen LogP contribution in [0.5, 0.6) is 5.75 Å². The molecule has 2 N–H and O–H groups in total. The third-order valence-corrected chi connectivity index (χ3v) is 7.35. The first-order valence-corrected chi connectivity index (χ1v) is 12.1. The van der Waals surface area contributed by atoms with Crippen molar-refractivity contribution in [1.82, 2.24) is 10.2 Å². The van der Waals surface area contributed by atoms with E-state index in [4.69, 9.17) is 16.3 Å². The summed E-state index contributed by atoms with van der Waals surface area (Å²) in [5, 5.41) is 14.9. The minimum Gasteiger partial charge on any atom is -0.487 e. The lowest BCUT2D eigenvalue weighted by molar-refractivity contribution is 0.0475. The van der Waals surface area contributed by atoms with Gasteiger partial charge in [0.1, 0.15) is 12.4 Å². The molecule has 3 unspecified atom stereocenters. The Morgan fingerprint density at radius 3 is 2.52 bits per heavy atom. The predicted molar refractivity (Wildman–Crippen MR) is 141 cm³/mol. The van der Waals surface area contributed by atoms with Gasteiger partial charge in [0.05, 0.1) is 11.1 Å². The highest BCUT2D eigenvalue weighted by molar-refractivity contribution is 6.32. The zero-order chi connectivity index (χ0) is 21.6. The van der Waals surface area contributed by atoms with E-state index in [1.807, 2.05) is 31.3 Å². The summed E-state index contributed by atoms with van der Waals surface area (Å²) in [5.74, 6) is 1.29. The first-order valence-electron chi connectivity index (χ1n) is 11.7. The number of nitrogens with zero attached hydrogens (tertiary/aromatic N) is 1. The van der Waals surface area contributed by atoms with Gasteiger partial charge in [0.2, 0.25) is 0 Å². The Labute approximate surface area is 215 Å². The van der Waals surface area contributed by atoms with Gasteiger partial charge in [-0.2, -0.15) is 0 Å². The number of likely N-dealkylation sites (N-methyl/N-ethyl adjacent to an activating group) is 1. The first kappa shape index (κ1) is 28.2. The van der Waals surface area contributed by atoms with Crippen LogP contribution in [0.4, 0.5) is 0 Å². The number of nitrogens with one attached hydrogen (secondary N) is 1. The van der Waals surface area contributed by atoms with E-state index in [1.165, 1.54) is 18.4 Å². The minimum atomic E-state index is -0.228. The Balaban J connectivity index is 0.00000193. The Hall–Kier alpha value is -1.01. The van der Waals surface area contributed by atoms with Crippen LogP contribution in [0.3, 0.4) is 0 Å². The monoisotopic (exact) mass is 514 g/mol. The number of benzene rings is 2. The summed E-state index contributed by atoms with van der Waals surface area (Å²) in [5.41, 5.74) is 2.34. The van der Waals surface area contributed by atoms with E-state index in [-0.39, 0.29) is 42.8 Å². The van der Waals surface area contributed by atoms with Crippen molar-refractivity contribution in [3.8, 4) is 5.75 Å². The topological polar surface area (TPSA) is 44.7 Å². The molecule has 4 nitrogen and oxygen atoms in total. The molecule has 33 heavy (non-hydrogen) atoms. The Morgan fingerprint density at radius 2 is 1.85 bits per heavy atom. The maximum Gasteiger partial charge on any atom is 0.138 e. The minimum absolute atomic E-state index is 0. The van der Waals surface area contributed by atoms with Crippen molar-refractivity contribution in [1.29, 1.82) is 0 Å². The second-order valence-electron chi connectivity index (χ2n) is 9.12. The molecule has 2 aromatic rings. The molecule has 1 aliphatic heterocycles. The fourth-order valence-electron chi connectivity index (χ4n) is 5.21. The lowest BCUT2D eigenvalue weighted by Gasteiger charge is -2.37. The highest BCUT2D eigenvalue weighted by atomic mass is 35.5. The van der Waals surface area contributed by atoms with Crippen LogP contribution < -0.4 is 10.1 Å². The van der Waals surface area contributed by atoms with Crippen LogP contribution >= 0.6 is 36.4 Å². The summed E-state index contributed by atoms with van der Waals surface area (Å²) in [6, 6.07) is 16.9. The molecule has 1 saturated heterocycles. The van der Waals surface area contributed by atoms with Gasteiger partial charge >= 0.3 is 0 Å². The van der Waals surface area contributed by atoms with E-state index in [0.29, 0.717) is 23.4 Å². The van der Waals surface area contributed by atoms with E-state index < -0.39 is 0 Å². The van der Waals surface area contributed by atoms with E-state index >= 15 is 0 Å². The molecule has 2 fully saturated rings. The Morgan fingerprint density at radius 1 is 1.09 bits per heavy atom. The van der Waals surface area contributed by atoms with Crippen LogP contribution in [0.1, 0.15) is 49.1 Å². The number of aliphatic hydroxyl groups excluding tert-OH is 1. The molecule has 1 saturated carbocycles. The van der Waals surface area contributed by atoms with Gasteiger partial charge in [-0.3, -0.25) is 0 Å². The number of rotatable bonds is 8. The molecule has 1 aliphatic carbocycles. The molecular formula is C26H37Cl3N2O2. The number of aliphatic hydroxyl groups is 1. The number of hydrogen-bond acceptors (Lipinski definition) is 4. The molecule has 4 atom stereocenters. The molecule has 7 heteroatoms. The van der Waals surface area contributed by atoms with Crippen molar-refractivity contribution < 1.29 is 9.84 Å². The molecule has 0 aromatic heterocycles. The second kappa shape index (κ2) is 13.8. The zero-order valence-corrected chi connectivity index (χ0v) is 21.7. The van der Waals surface area contributed by atoms with Crippen molar-refractivity contribution in [2.75, 3.05) is 26.7 Å². The highest BCUT2D eigenvalue weighted by Crippen LogP contribution is 2.39. The lowest BCUT2D eigenvalue weighted by atomic mass is 9.74. The van der Waals surface area contributed by atoms with Crippen molar-refractivity contribution in [2.24, 2.45) is 5.92 Å². The van der Waals surface area contributed by atoms with Gasteiger partial charge < -0.3 is 20.1 Å². The maximum absolute atomic E-state index is 10.8. The smallest absolute Gasteiger partial charge is 0.138 e. The molecule has 2 aromatic carbocycles. The van der Waals surface area contributed by atoms with Crippen LogP contribution in [0.15, 0.2) is 48.5 Å². The van der Waals surface area contributed by atoms with Crippen LogP contribution in [-0.2, 0) is 6.61 Å². The summed E-state index contributed by atoms with van der Waals surface area (Å²) in [6.07, 6.45) is 5.27. The second-order valence-corrected chi connectivity index (χ2v) is 9.53. The molecule has 0 radical (unpaired) electrons. The largest absolute Gasteiger partial charge is 0.487 e. The molecule has 4 rings (SSSR count). The zero-order valence-electron chi connectivity index (χ0n) is 19.3. The number of ether oxygens (including phenoxy) is 1. The van der Waals surface area contributed by atoms with Crippen LogP contribution in [0, 0.1) is 5.92 Å². The van der Waals surface area contributed by atoms with Crippen molar-refractivity contribution >= 4 is 36.4 Å². The standard InChI is InChI=1S/C26H35ClN2O2.2ClH/c1-28-21-13-14-29(16-21)17-23(22-9-5-6-10-25(22)30)20-11-12-26(24(27)15-20)31-18-19-7-3-2-4-8-19;;/h2-4,7-8,11-12,15,21-23,25,28,30H,5-6,9-10,13-14,16-18H2,1H3;2*1H/t21-,22?,23?,25?;;/m1../s1. The molecule has 0 amide bonds. The van der Waals surface area contributed by atoms with Crippen LogP contribution in [0.2, 0.25) is 5.02 Å². The molecule has 184 valence electrons. The van der Waals surface area contributed by atoms with Crippen molar-refractivity contribution in [2.45, 2.75) is 56.8 Å². The van der Waals surface area contributed by atoms with E-state index in [9.17, 15) is 5.11 Å². The summed E-state index contributed by atoms with van der Waals surface area (Å²) >= 11 is 6.67. The normalized spacial score (nSPS) is 23.9. The molecule has 0 spiro atoms. The average Bonchev–Trinajstić information content (AvgIpc) is 3.26. The lowest BCUT2D eigenvalue weighted by Crippen LogP contribution is -2.38. The summed E-state index contributed by atoms with van der Waals surface area (Å²) in [6.45, 7) is 3.66. The van der Waals surface area contributed by atoms with Gasteiger partial charge in [0, 0.05) is 25.0 Å². The van der Waals surface area contributed by atoms with Crippen LogP contribution in [0.25, 0.3) is 0 Å². The van der Waals surface area contributed by atoms with E-state index in [1.54, 1.807) is 0 Å². The summed E-state index contributed by atoms with van der Waals surface area (Å²) in [7, 11) is 2.05. The summed E-state index contributed by atoms with van der Waals surface area (Å²) in [4.78, 5) is 2.54. The fraction of sp³-hybridized carbons (Fsp3) is 0.538. The third kappa shape index (κ3) is 7.48. The molecular weight excluding hydrogens is 479 g/mol. The van der Waals surface area contributed by atoms with Gasteiger partial charge in [0.25, 0.3) is 0 Å². The number of halogens is 3. The molecule has 2 aliphatic rings. The van der Waals surface area contributed by atoms with Gasteiger partial charge in [-0.25, -0.2) is 0 Å². The first-order chi connectivity index (χ1) is 15.1.